The number of rotatable bonds is 5. The fraction of sp³-hybridized carbons (Fsp3) is 0.273. The van der Waals surface area contributed by atoms with Crippen LogP contribution in [0, 0.1) is 17.6 Å². The molecule has 0 unspecified atom stereocenters. The van der Waals surface area contributed by atoms with Crippen LogP contribution < -0.4 is 11.1 Å². The van der Waals surface area contributed by atoms with E-state index in [9.17, 15) is 18.4 Å². The van der Waals surface area contributed by atoms with E-state index in [1.807, 2.05) is 30.3 Å². The molecule has 0 saturated heterocycles. The monoisotopic (exact) mass is 397 g/mol. The number of hydrogen-bond acceptors (Lipinski definition) is 2. The summed E-state index contributed by atoms with van der Waals surface area (Å²) in [6, 6.07) is 10.7. The Morgan fingerprint density at radius 1 is 1.10 bits per heavy atom. The molecule has 5 nitrogen and oxygen atoms in total. The minimum atomic E-state index is -0.755. The summed E-state index contributed by atoms with van der Waals surface area (Å²) >= 11 is 0. The predicted molar refractivity (Wildman–Crippen MR) is 104 cm³/mol. The van der Waals surface area contributed by atoms with Gasteiger partial charge in [-0.15, -0.1) is 0 Å². The van der Waals surface area contributed by atoms with Crippen molar-refractivity contribution < 1.29 is 18.4 Å². The van der Waals surface area contributed by atoms with Crippen LogP contribution in [0.25, 0.3) is 5.57 Å². The number of carbonyl (C=O) groups is 2. The Morgan fingerprint density at radius 3 is 2.48 bits per heavy atom. The van der Waals surface area contributed by atoms with Gasteiger partial charge in [-0.3, -0.25) is 4.79 Å². The topological polar surface area (TPSA) is 75.4 Å². The van der Waals surface area contributed by atoms with Crippen LogP contribution in [0.1, 0.15) is 30.0 Å². The van der Waals surface area contributed by atoms with Crippen molar-refractivity contribution in [2.45, 2.75) is 24.9 Å². The molecule has 3 amide bonds. The van der Waals surface area contributed by atoms with Gasteiger partial charge in [0.1, 0.15) is 17.7 Å². The van der Waals surface area contributed by atoms with Crippen LogP contribution in [-0.2, 0) is 4.79 Å². The zero-order chi connectivity index (χ0) is 20.5. The number of hydrogen-bond donors (Lipinski definition) is 2. The third kappa shape index (κ3) is 3.99. The Hall–Kier alpha value is -3.22. The summed E-state index contributed by atoms with van der Waals surface area (Å²) in [5.41, 5.74) is 6.78. The van der Waals surface area contributed by atoms with Gasteiger partial charge in [0, 0.05) is 12.1 Å². The second-order valence-electron chi connectivity index (χ2n) is 7.46. The van der Waals surface area contributed by atoms with E-state index in [4.69, 9.17) is 5.73 Å². The number of nitrogens with one attached hydrogen (secondary N) is 1. The zero-order valence-electron chi connectivity index (χ0n) is 15.6. The number of carbonyl (C=O) groups excluding carboxylic acids is 2. The Bertz CT molecular complexity index is 973. The summed E-state index contributed by atoms with van der Waals surface area (Å²) in [5, 5.41) is 2.56. The molecule has 0 aromatic heterocycles. The molecule has 0 spiro atoms. The molecule has 1 aliphatic heterocycles. The van der Waals surface area contributed by atoms with Crippen LogP contribution in [0.15, 0.2) is 54.6 Å². The average molecular weight is 397 g/mol. The lowest BCUT2D eigenvalue weighted by Gasteiger charge is -2.29. The van der Waals surface area contributed by atoms with Crippen LogP contribution >= 0.6 is 0 Å². The highest BCUT2D eigenvalue weighted by molar-refractivity contribution is 5.90. The molecule has 1 fully saturated rings. The van der Waals surface area contributed by atoms with E-state index in [0.29, 0.717) is 5.57 Å². The van der Waals surface area contributed by atoms with Gasteiger partial charge in [-0.1, -0.05) is 36.4 Å². The Morgan fingerprint density at radius 2 is 1.83 bits per heavy atom. The maximum Gasteiger partial charge on any atom is 0.312 e. The molecule has 1 heterocycles. The largest absolute Gasteiger partial charge is 0.352 e. The van der Waals surface area contributed by atoms with Crippen molar-refractivity contribution in [3.63, 3.8) is 0 Å². The van der Waals surface area contributed by atoms with E-state index in [1.54, 1.807) is 11.0 Å². The molecular weight excluding hydrogens is 376 g/mol. The molecule has 0 radical (unpaired) electrons. The molecule has 3 N–H and O–H groups in total. The van der Waals surface area contributed by atoms with Crippen LogP contribution in [0.2, 0.25) is 0 Å². The zero-order valence-corrected chi connectivity index (χ0v) is 15.6. The number of benzene rings is 2. The van der Waals surface area contributed by atoms with E-state index in [-0.39, 0.29) is 23.9 Å². The van der Waals surface area contributed by atoms with Crippen molar-refractivity contribution in [1.29, 1.82) is 0 Å². The molecule has 2 aromatic carbocycles. The molecule has 29 heavy (non-hydrogen) atoms. The molecule has 2 atom stereocenters. The number of urea groups is 1. The maximum atomic E-state index is 14.4. The first-order valence-electron chi connectivity index (χ1n) is 9.51. The van der Waals surface area contributed by atoms with Crippen molar-refractivity contribution in [2.75, 3.05) is 6.54 Å². The highest BCUT2D eigenvalue weighted by Gasteiger charge is 2.42. The Labute approximate surface area is 167 Å². The van der Waals surface area contributed by atoms with Crippen LogP contribution in [0.3, 0.4) is 0 Å². The summed E-state index contributed by atoms with van der Waals surface area (Å²) in [6.45, 7) is 0.114. The number of nitrogens with zero attached hydrogens (tertiary/aromatic N) is 1. The summed E-state index contributed by atoms with van der Waals surface area (Å²) in [4.78, 5) is 26.3. The normalized spacial score (nSPS) is 19.6. The minimum absolute atomic E-state index is 0.0429. The quantitative estimate of drug-likeness (QED) is 0.812. The first kappa shape index (κ1) is 19.1. The molecule has 0 bridgehead atoms. The molecule has 1 saturated carbocycles. The second kappa shape index (κ2) is 7.66. The fourth-order valence-electron chi connectivity index (χ4n) is 3.82. The molecule has 7 heteroatoms. The lowest BCUT2D eigenvalue weighted by Crippen LogP contribution is -2.51. The lowest BCUT2D eigenvalue weighted by molar-refractivity contribution is -0.134. The third-order valence-corrected chi connectivity index (χ3v) is 5.39. The smallest absolute Gasteiger partial charge is 0.312 e. The van der Waals surface area contributed by atoms with Gasteiger partial charge in [0.05, 0.1) is 6.04 Å². The molecular formula is C22H21F2N3O2. The van der Waals surface area contributed by atoms with E-state index < -0.39 is 29.7 Å². The van der Waals surface area contributed by atoms with E-state index in [2.05, 4.69) is 5.32 Å². The van der Waals surface area contributed by atoms with Gasteiger partial charge in [0.15, 0.2) is 0 Å². The SMILES string of the molecule is NC(=O)N[C@H](C(=O)N1CC(c2cc(F)ccc2F)=C[C@H]1c1ccccc1)C1CC1. The van der Waals surface area contributed by atoms with E-state index in [0.717, 1.165) is 36.6 Å². The van der Waals surface area contributed by atoms with Gasteiger partial charge in [-0.2, -0.15) is 0 Å². The van der Waals surface area contributed by atoms with Crippen molar-refractivity contribution in [3.05, 3.63) is 77.4 Å². The van der Waals surface area contributed by atoms with Gasteiger partial charge in [0.2, 0.25) is 5.91 Å². The summed E-state index contributed by atoms with van der Waals surface area (Å²) in [7, 11) is 0. The molecule has 4 rings (SSSR count). The minimum Gasteiger partial charge on any atom is -0.352 e. The highest BCUT2D eigenvalue weighted by atomic mass is 19.1. The van der Waals surface area contributed by atoms with Crippen LogP contribution in [0.5, 0.6) is 0 Å². The van der Waals surface area contributed by atoms with Gasteiger partial charge in [-0.05, 0) is 48.1 Å². The van der Waals surface area contributed by atoms with Crippen molar-refractivity contribution in [1.82, 2.24) is 10.2 Å². The fourth-order valence-corrected chi connectivity index (χ4v) is 3.82. The summed E-state index contributed by atoms with van der Waals surface area (Å²) < 4.78 is 28.1. The standard InChI is InChI=1S/C22H21F2N3O2/c23-16-8-9-18(24)17(11-16)15-10-19(13-4-2-1-3-5-13)27(12-15)21(28)20(14-6-7-14)26-22(25)29/h1-5,8-11,14,19-20H,6-7,12H2,(H3,25,26,29)/t19-,20-/m0/s1. The Balaban J connectivity index is 1.70. The van der Waals surface area contributed by atoms with Crippen LogP contribution in [-0.4, -0.2) is 29.4 Å². The number of primary amides is 1. The Kier molecular flexibility index (Phi) is 5.05. The van der Waals surface area contributed by atoms with E-state index in [1.165, 1.54) is 0 Å². The summed E-state index contributed by atoms with van der Waals surface area (Å²) in [6.07, 6.45) is 3.44. The van der Waals surface area contributed by atoms with Crippen molar-refractivity contribution >= 4 is 17.5 Å². The molecule has 1 aliphatic carbocycles. The molecule has 150 valence electrons. The second-order valence-corrected chi connectivity index (χ2v) is 7.46. The van der Waals surface area contributed by atoms with Gasteiger partial charge < -0.3 is 16.0 Å². The molecule has 2 aliphatic rings. The number of amides is 3. The predicted octanol–water partition coefficient (Wildman–Crippen LogP) is 3.38. The van der Waals surface area contributed by atoms with Crippen molar-refractivity contribution in [2.24, 2.45) is 11.7 Å². The van der Waals surface area contributed by atoms with Gasteiger partial charge in [0.25, 0.3) is 0 Å². The van der Waals surface area contributed by atoms with Crippen LogP contribution in [0.4, 0.5) is 13.6 Å². The van der Waals surface area contributed by atoms with Gasteiger partial charge in [-0.25, -0.2) is 13.6 Å². The first-order chi connectivity index (χ1) is 13.9. The lowest BCUT2D eigenvalue weighted by atomic mass is 10.0. The molecule has 2 aromatic rings. The number of halogens is 2. The van der Waals surface area contributed by atoms with Gasteiger partial charge >= 0.3 is 6.03 Å². The highest BCUT2D eigenvalue weighted by Crippen LogP contribution is 2.39. The summed E-state index contributed by atoms with van der Waals surface area (Å²) in [5.74, 6) is -1.33. The average Bonchev–Trinajstić information content (AvgIpc) is 3.46. The third-order valence-electron chi connectivity index (χ3n) is 5.39. The number of nitrogens with two attached hydrogens (primary N) is 1. The first-order valence-corrected chi connectivity index (χ1v) is 9.51. The van der Waals surface area contributed by atoms with E-state index >= 15 is 0 Å². The maximum absolute atomic E-state index is 14.4. The van der Waals surface area contributed by atoms with Crippen molar-refractivity contribution in [3.8, 4) is 0 Å².